The Morgan fingerprint density at radius 2 is 2.06 bits per heavy atom. The number of hydrogen-bond donors (Lipinski definition) is 1. The Morgan fingerprint density at radius 3 is 2.67 bits per heavy atom. The van der Waals surface area contributed by atoms with Gasteiger partial charge in [0.15, 0.2) is 0 Å². The van der Waals surface area contributed by atoms with Crippen molar-refractivity contribution in [3.8, 4) is 0 Å². The molecule has 0 aromatic heterocycles. The van der Waals surface area contributed by atoms with Crippen molar-refractivity contribution in [3.05, 3.63) is 47.5 Å². The number of ether oxygens (including phenoxy) is 1. The summed E-state index contributed by atoms with van der Waals surface area (Å²) in [6, 6.07) is 10.7. The van der Waals surface area contributed by atoms with E-state index in [1.165, 1.54) is 12.7 Å². The smallest absolute Gasteiger partial charge is 0.333 e. The van der Waals surface area contributed by atoms with Gasteiger partial charge in [0.1, 0.15) is 0 Å². The summed E-state index contributed by atoms with van der Waals surface area (Å²) in [6.07, 6.45) is 2.83. The lowest BCUT2D eigenvalue weighted by Gasteiger charge is -2.12. The van der Waals surface area contributed by atoms with Crippen molar-refractivity contribution in [1.82, 2.24) is 5.32 Å². The molecular formula is C15H21NO2. The number of hydrogen-bond acceptors (Lipinski definition) is 3. The molecule has 0 radical (unpaired) electrons. The molecule has 0 heterocycles. The van der Waals surface area contributed by atoms with Crippen LogP contribution in [0.25, 0.3) is 0 Å². The van der Waals surface area contributed by atoms with Crippen molar-refractivity contribution < 1.29 is 9.53 Å². The van der Waals surface area contributed by atoms with E-state index in [4.69, 9.17) is 0 Å². The van der Waals surface area contributed by atoms with Crippen LogP contribution in [0.15, 0.2) is 42.0 Å². The summed E-state index contributed by atoms with van der Waals surface area (Å²) in [6.45, 7) is 4.57. The predicted octanol–water partition coefficient (Wildman–Crippen LogP) is 2.33. The molecule has 0 spiro atoms. The fraction of sp³-hybridized carbons (Fsp3) is 0.400. The number of methoxy groups -OCH3 is 1. The van der Waals surface area contributed by atoms with Crippen LogP contribution in [-0.2, 0) is 16.0 Å². The second kappa shape index (κ2) is 7.67. The molecule has 0 saturated carbocycles. The third-order valence-corrected chi connectivity index (χ3v) is 2.77. The van der Waals surface area contributed by atoms with Gasteiger partial charge in [0.25, 0.3) is 0 Å². The fourth-order valence-corrected chi connectivity index (χ4v) is 1.70. The summed E-state index contributed by atoms with van der Waals surface area (Å²) in [4.78, 5) is 11.2. The van der Waals surface area contributed by atoms with Crippen molar-refractivity contribution in [2.24, 2.45) is 0 Å². The summed E-state index contributed by atoms with van der Waals surface area (Å²) in [7, 11) is 1.39. The monoisotopic (exact) mass is 247 g/mol. The number of rotatable bonds is 6. The molecule has 3 nitrogen and oxygen atoms in total. The van der Waals surface area contributed by atoms with Crippen molar-refractivity contribution in [1.29, 1.82) is 0 Å². The van der Waals surface area contributed by atoms with Gasteiger partial charge in [0, 0.05) is 18.2 Å². The molecule has 1 rings (SSSR count). The van der Waals surface area contributed by atoms with Crippen molar-refractivity contribution >= 4 is 5.97 Å². The first-order valence-electron chi connectivity index (χ1n) is 6.16. The highest BCUT2D eigenvalue weighted by atomic mass is 16.5. The first kappa shape index (κ1) is 14.5. The standard InChI is InChI=1S/C15H21NO2/c1-12(15(17)18-3)9-10-16-13(2)11-14-7-5-4-6-8-14/h4-9,13,16H,10-11H2,1-3H3/b12-9+. The van der Waals surface area contributed by atoms with E-state index in [1.54, 1.807) is 6.92 Å². The third-order valence-electron chi connectivity index (χ3n) is 2.77. The van der Waals surface area contributed by atoms with Crippen LogP contribution in [0.5, 0.6) is 0 Å². The Kier molecular flexibility index (Phi) is 6.15. The molecule has 0 fully saturated rings. The molecule has 0 aliphatic rings. The summed E-state index contributed by atoms with van der Waals surface area (Å²) >= 11 is 0. The minimum Gasteiger partial charge on any atom is -0.466 e. The topological polar surface area (TPSA) is 38.3 Å². The van der Waals surface area contributed by atoms with Crippen LogP contribution < -0.4 is 5.32 Å². The van der Waals surface area contributed by atoms with Gasteiger partial charge in [-0.05, 0) is 25.8 Å². The summed E-state index contributed by atoms with van der Waals surface area (Å²) in [5.74, 6) is -0.271. The minimum absolute atomic E-state index is 0.271. The highest BCUT2D eigenvalue weighted by Crippen LogP contribution is 2.02. The Balaban J connectivity index is 2.34. The highest BCUT2D eigenvalue weighted by molar-refractivity contribution is 5.87. The summed E-state index contributed by atoms with van der Waals surface area (Å²) in [5.41, 5.74) is 1.95. The fourth-order valence-electron chi connectivity index (χ4n) is 1.70. The first-order valence-corrected chi connectivity index (χ1v) is 6.16. The summed E-state index contributed by atoms with van der Waals surface area (Å²) in [5, 5.41) is 3.36. The number of nitrogens with one attached hydrogen (secondary N) is 1. The molecule has 1 N–H and O–H groups in total. The molecule has 1 unspecified atom stereocenters. The van der Waals surface area contributed by atoms with E-state index in [0.29, 0.717) is 18.2 Å². The lowest BCUT2D eigenvalue weighted by Crippen LogP contribution is -2.28. The average Bonchev–Trinajstić information content (AvgIpc) is 2.38. The average molecular weight is 247 g/mol. The van der Waals surface area contributed by atoms with E-state index in [-0.39, 0.29) is 5.97 Å². The van der Waals surface area contributed by atoms with Gasteiger partial charge >= 0.3 is 5.97 Å². The third kappa shape index (κ3) is 5.15. The van der Waals surface area contributed by atoms with Gasteiger partial charge in [-0.1, -0.05) is 36.4 Å². The molecule has 3 heteroatoms. The molecule has 0 saturated heterocycles. The highest BCUT2D eigenvalue weighted by Gasteiger charge is 2.04. The largest absolute Gasteiger partial charge is 0.466 e. The molecule has 1 atom stereocenters. The molecule has 18 heavy (non-hydrogen) atoms. The maximum absolute atomic E-state index is 11.2. The van der Waals surface area contributed by atoms with Crippen LogP contribution >= 0.6 is 0 Å². The van der Waals surface area contributed by atoms with Gasteiger partial charge in [-0.3, -0.25) is 0 Å². The maximum Gasteiger partial charge on any atom is 0.333 e. The lowest BCUT2D eigenvalue weighted by atomic mass is 10.1. The van der Waals surface area contributed by atoms with Gasteiger partial charge in [-0.2, -0.15) is 0 Å². The SMILES string of the molecule is COC(=O)/C(C)=C/CNC(C)Cc1ccccc1. The van der Waals surface area contributed by atoms with Gasteiger partial charge < -0.3 is 10.1 Å². The number of carbonyl (C=O) groups is 1. The van der Waals surface area contributed by atoms with Crippen LogP contribution in [-0.4, -0.2) is 25.7 Å². The molecule has 98 valence electrons. The molecule has 0 aliphatic heterocycles. The quantitative estimate of drug-likeness (QED) is 0.619. The van der Waals surface area contributed by atoms with Crippen LogP contribution in [0.1, 0.15) is 19.4 Å². The van der Waals surface area contributed by atoms with Crippen LogP contribution in [0.3, 0.4) is 0 Å². The maximum atomic E-state index is 11.2. The van der Waals surface area contributed by atoms with Gasteiger partial charge in [-0.25, -0.2) is 4.79 Å². The van der Waals surface area contributed by atoms with E-state index in [0.717, 1.165) is 6.42 Å². The second-order valence-corrected chi connectivity index (χ2v) is 4.38. The zero-order valence-electron chi connectivity index (χ0n) is 11.3. The van der Waals surface area contributed by atoms with E-state index in [1.807, 2.05) is 24.3 Å². The van der Waals surface area contributed by atoms with Crippen LogP contribution in [0.4, 0.5) is 0 Å². The molecule has 1 aromatic rings. The van der Waals surface area contributed by atoms with E-state index in [9.17, 15) is 4.79 Å². The Bertz CT molecular complexity index is 398. The lowest BCUT2D eigenvalue weighted by molar-refractivity contribution is -0.136. The minimum atomic E-state index is -0.271. The zero-order valence-corrected chi connectivity index (χ0v) is 11.3. The van der Waals surface area contributed by atoms with E-state index >= 15 is 0 Å². The van der Waals surface area contributed by atoms with Crippen molar-refractivity contribution in [2.45, 2.75) is 26.3 Å². The van der Waals surface area contributed by atoms with Gasteiger partial charge in [-0.15, -0.1) is 0 Å². The van der Waals surface area contributed by atoms with Crippen LogP contribution in [0, 0.1) is 0 Å². The van der Waals surface area contributed by atoms with Crippen molar-refractivity contribution in [3.63, 3.8) is 0 Å². The number of benzene rings is 1. The molecule has 0 aliphatic carbocycles. The van der Waals surface area contributed by atoms with Crippen molar-refractivity contribution in [2.75, 3.05) is 13.7 Å². The van der Waals surface area contributed by atoms with Gasteiger partial charge in [0.05, 0.1) is 7.11 Å². The van der Waals surface area contributed by atoms with E-state index in [2.05, 4.69) is 29.1 Å². The van der Waals surface area contributed by atoms with Gasteiger partial charge in [0.2, 0.25) is 0 Å². The molecule has 0 bridgehead atoms. The predicted molar refractivity (Wildman–Crippen MR) is 73.4 cm³/mol. The number of esters is 1. The second-order valence-electron chi connectivity index (χ2n) is 4.38. The van der Waals surface area contributed by atoms with E-state index < -0.39 is 0 Å². The molecule has 0 amide bonds. The summed E-state index contributed by atoms with van der Waals surface area (Å²) < 4.78 is 4.63. The normalized spacial score (nSPS) is 13.2. The number of carbonyl (C=O) groups excluding carboxylic acids is 1. The molecular weight excluding hydrogens is 226 g/mol. The van der Waals surface area contributed by atoms with Crippen LogP contribution in [0.2, 0.25) is 0 Å². The Morgan fingerprint density at radius 1 is 1.39 bits per heavy atom. The molecule has 1 aromatic carbocycles. The Labute approximate surface area is 109 Å². The Hall–Kier alpha value is -1.61. The first-order chi connectivity index (χ1) is 8.63. The zero-order chi connectivity index (χ0) is 13.4.